The van der Waals surface area contributed by atoms with Gasteiger partial charge in [-0.05, 0) is 35.4 Å². The number of aromatic nitrogens is 3. The number of hydrogen-bond acceptors (Lipinski definition) is 4. The Hall–Kier alpha value is -2.21. The fourth-order valence-electron chi connectivity index (χ4n) is 2.17. The third kappa shape index (κ3) is 1.89. The van der Waals surface area contributed by atoms with E-state index in [1.165, 1.54) is 0 Å². The minimum atomic E-state index is -1.21. The summed E-state index contributed by atoms with van der Waals surface area (Å²) < 4.78 is 18.6. The molecule has 0 fully saturated rings. The maximum absolute atomic E-state index is 11.7. The van der Waals surface area contributed by atoms with Gasteiger partial charge in [-0.3, -0.25) is 8.78 Å². The lowest BCUT2D eigenvalue weighted by Crippen LogP contribution is -2.01. The zero-order chi connectivity index (χ0) is 14.3. The molecular weight excluding hydrogens is 274 g/mol. The normalized spacial score (nSPS) is 14.4. The molecule has 102 valence electrons. The summed E-state index contributed by atoms with van der Waals surface area (Å²) in [5.41, 5.74) is 2.69. The highest BCUT2D eigenvalue weighted by Crippen LogP contribution is 2.31. The number of ether oxygens (including phenoxy) is 1. The average molecular weight is 287 g/mol. The Morgan fingerprint density at radius 1 is 1.35 bits per heavy atom. The second kappa shape index (κ2) is 4.72. The van der Waals surface area contributed by atoms with Gasteiger partial charge < -0.3 is 4.74 Å². The smallest absolute Gasteiger partial charge is 0.225 e. The SMILES string of the molecule is C=C1c2ccc(OC)cc2C=Cn2c1nnc2S(C)=O. The van der Waals surface area contributed by atoms with Gasteiger partial charge in [0.05, 0.1) is 17.9 Å². The second-order valence-corrected chi connectivity index (χ2v) is 5.65. The Morgan fingerprint density at radius 2 is 2.15 bits per heavy atom. The first-order valence-electron chi connectivity index (χ1n) is 5.96. The molecule has 0 bridgehead atoms. The lowest BCUT2D eigenvalue weighted by Gasteiger charge is -2.08. The van der Waals surface area contributed by atoms with Crippen LogP contribution in [0.1, 0.15) is 17.0 Å². The van der Waals surface area contributed by atoms with E-state index >= 15 is 0 Å². The molecule has 1 unspecified atom stereocenters. The van der Waals surface area contributed by atoms with Crippen LogP contribution in [-0.4, -0.2) is 32.3 Å². The number of benzene rings is 1. The highest BCUT2D eigenvalue weighted by molar-refractivity contribution is 7.84. The van der Waals surface area contributed by atoms with E-state index in [4.69, 9.17) is 4.74 Å². The van der Waals surface area contributed by atoms with Gasteiger partial charge in [-0.2, -0.15) is 0 Å². The molecule has 0 aliphatic carbocycles. The molecule has 1 aromatic heterocycles. The quantitative estimate of drug-likeness (QED) is 0.723. The highest BCUT2D eigenvalue weighted by atomic mass is 32.2. The molecule has 3 rings (SSSR count). The summed E-state index contributed by atoms with van der Waals surface area (Å²) in [5.74, 6) is 1.38. The molecule has 6 heteroatoms. The predicted octanol–water partition coefficient (Wildman–Crippen LogP) is 2.03. The molecule has 5 nitrogen and oxygen atoms in total. The predicted molar refractivity (Wildman–Crippen MR) is 78.7 cm³/mol. The number of hydrogen-bond donors (Lipinski definition) is 0. The summed E-state index contributed by atoms with van der Waals surface area (Å²) in [6.07, 6.45) is 5.30. The van der Waals surface area contributed by atoms with Crippen LogP contribution in [0.5, 0.6) is 5.75 Å². The van der Waals surface area contributed by atoms with Crippen molar-refractivity contribution in [1.29, 1.82) is 0 Å². The molecule has 1 atom stereocenters. The van der Waals surface area contributed by atoms with E-state index in [1.54, 1.807) is 17.9 Å². The molecule has 1 aliphatic heterocycles. The summed E-state index contributed by atoms with van der Waals surface area (Å²) in [4.78, 5) is 0. The van der Waals surface area contributed by atoms with Gasteiger partial charge in [-0.25, -0.2) is 0 Å². The molecule has 1 aliphatic rings. The van der Waals surface area contributed by atoms with E-state index in [1.807, 2.05) is 30.5 Å². The van der Waals surface area contributed by atoms with E-state index in [0.717, 1.165) is 22.4 Å². The van der Waals surface area contributed by atoms with Crippen molar-refractivity contribution in [3.63, 3.8) is 0 Å². The average Bonchev–Trinajstić information content (AvgIpc) is 2.82. The van der Waals surface area contributed by atoms with Crippen LogP contribution in [0.4, 0.5) is 0 Å². The van der Waals surface area contributed by atoms with Crippen LogP contribution in [0, 0.1) is 0 Å². The van der Waals surface area contributed by atoms with Crippen molar-refractivity contribution in [3.05, 3.63) is 41.7 Å². The molecule has 1 aromatic carbocycles. The largest absolute Gasteiger partial charge is 0.497 e. The first-order valence-corrected chi connectivity index (χ1v) is 7.52. The number of fused-ring (bicyclic) bond motifs is 2. The van der Waals surface area contributed by atoms with Crippen molar-refractivity contribution in [2.24, 2.45) is 0 Å². The summed E-state index contributed by atoms with van der Waals surface area (Å²) >= 11 is 0. The summed E-state index contributed by atoms with van der Waals surface area (Å²) in [5, 5.41) is 8.48. The summed E-state index contributed by atoms with van der Waals surface area (Å²) in [6.45, 7) is 4.08. The number of rotatable bonds is 2. The van der Waals surface area contributed by atoms with E-state index in [-0.39, 0.29) is 0 Å². The van der Waals surface area contributed by atoms with Crippen LogP contribution < -0.4 is 4.74 Å². The fourth-order valence-corrected chi connectivity index (χ4v) is 2.75. The molecule has 0 radical (unpaired) electrons. The van der Waals surface area contributed by atoms with Crippen LogP contribution in [0.25, 0.3) is 17.8 Å². The molecule has 2 heterocycles. The minimum absolute atomic E-state index is 0.414. The van der Waals surface area contributed by atoms with Crippen molar-refractivity contribution < 1.29 is 8.95 Å². The maximum atomic E-state index is 11.7. The van der Waals surface area contributed by atoms with E-state index in [9.17, 15) is 4.21 Å². The van der Waals surface area contributed by atoms with E-state index in [2.05, 4.69) is 16.8 Å². The molecule has 0 saturated carbocycles. The highest BCUT2D eigenvalue weighted by Gasteiger charge is 2.20. The van der Waals surface area contributed by atoms with Crippen LogP contribution in [0.2, 0.25) is 0 Å². The standard InChI is InChI=1S/C14H13N3O2S/c1-9-12-5-4-11(19-2)8-10(12)6-7-17-13(9)15-16-14(17)20(3)18/h4-8H,1H2,2-3H3. The van der Waals surface area contributed by atoms with E-state index in [0.29, 0.717) is 11.0 Å². The lowest BCUT2D eigenvalue weighted by molar-refractivity contribution is 0.414. The van der Waals surface area contributed by atoms with Gasteiger partial charge in [0.25, 0.3) is 0 Å². The third-order valence-electron chi connectivity index (χ3n) is 3.18. The third-order valence-corrected chi connectivity index (χ3v) is 3.97. The van der Waals surface area contributed by atoms with Crippen LogP contribution >= 0.6 is 0 Å². The molecular formula is C14H13N3O2S. The van der Waals surface area contributed by atoms with Gasteiger partial charge in [0.2, 0.25) is 5.16 Å². The zero-order valence-corrected chi connectivity index (χ0v) is 12.0. The van der Waals surface area contributed by atoms with Gasteiger partial charge in [0.15, 0.2) is 5.82 Å². The first-order chi connectivity index (χ1) is 9.61. The molecule has 0 N–H and O–H groups in total. The summed E-state index contributed by atoms with van der Waals surface area (Å²) in [6, 6.07) is 5.75. The van der Waals surface area contributed by atoms with Crippen LogP contribution in [-0.2, 0) is 10.8 Å². The summed E-state index contributed by atoms with van der Waals surface area (Å²) in [7, 11) is 0.420. The fraction of sp³-hybridized carbons (Fsp3) is 0.143. The molecule has 0 amide bonds. The number of methoxy groups -OCH3 is 1. The first kappa shape index (κ1) is 12.8. The molecule has 2 aromatic rings. The van der Waals surface area contributed by atoms with Gasteiger partial charge in [-0.15, -0.1) is 10.2 Å². The zero-order valence-electron chi connectivity index (χ0n) is 11.2. The molecule has 0 saturated heterocycles. The molecule has 0 spiro atoms. The monoisotopic (exact) mass is 287 g/mol. The van der Waals surface area contributed by atoms with Crippen molar-refractivity contribution in [2.75, 3.05) is 13.4 Å². The van der Waals surface area contributed by atoms with Gasteiger partial charge in [0.1, 0.15) is 5.75 Å². The topological polar surface area (TPSA) is 57.0 Å². The van der Waals surface area contributed by atoms with Crippen molar-refractivity contribution >= 4 is 28.6 Å². The van der Waals surface area contributed by atoms with Gasteiger partial charge in [-0.1, -0.05) is 6.58 Å². The van der Waals surface area contributed by atoms with Crippen molar-refractivity contribution in [2.45, 2.75) is 5.16 Å². The van der Waals surface area contributed by atoms with Gasteiger partial charge in [0, 0.05) is 18.0 Å². The Balaban J connectivity index is 2.21. The Kier molecular flexibility index (Phi) is 3.02. The van der Waals surface area contributed by atoms with E-state index < -0.39 is 10.8 Å². The maximum Gasteiger partial charge on any atom is 0.225 e. The Morgan fingerprint density at radius 3 is 2.85 bits per heavy atom. The Labute approximate surface area is 119 Å². The van der Waals surface area contributed by atoms with Crippen molar-refractivity contribution in [1.82, 2.24) is 14.8 Å². The van der Waals surface area contributed by atoms with Crippen LogP contribution in [0.15, 0.2) is 29.9 Å². The Bertz CT molecular complexity index is 762. The second-order valence-electron chi connectivity index (χ2n) is 4.38. The van der Waals surface area contributed by atoms with Gasteiger partial charge >= 0.3 is 0 Å². The molecule has 20 heavy (non-hydrogen) atoms. The lowest BCUT2D eigenvalue weighted by atomic mass is 10.0. The minimum Gasteiger partial charge on any atom is -0.497 e. The van der Waals surface area contributed by atoms with Crippen LogP contribution in [0.3, 0.4) is 0 Å². The number of nitrogens with zero attached hydrogens (tertiary/aromatic N) is 3. The van der Waals surface area contributed by atoms with Crippen molar-refractivity contribution in [3.8, 4) is 5.75 Å².